The summed E-state index contributed by atoms with van der Waals surface area (Å²) in [5, 5.41) is 3.48. The first-order valence-electron chi connectivity index (χ1n) is 12.2. The molecule has 1 spiro atoms. The van der Waals surface area contributed by atoms with E-state index >= 15 is 0 Å². The molecule has 0 aromatic heterocycles. The molecular weight excluding hydrogens is 608 g/mol. The molecule has 3 aromatic carbocycles. The first-order valence-corrected chi connectivity index (χ1v) is 13.0. The Labute approximate surface area is 233 Å². The number of piperidine rings is 1. The van der Waals surface area contributed by atoms with Crippen LogP contribution in [0, 0.1) is 0 Å². The normalized spacial score (nSPS) is 17.4. The molecule has 0 unspecified atom stereocenters. The van der Waals surface area contributed by atoms with E-state index in [1.54, 1.807) is 35.2 Å². The minimum absolute atomic E-state index is 0.196. The standard InChI is InChI=1S/C27H22BrF6N3O3/c28-18-5-10-21-22(15-18)35-25(37(24(21)38)19-6-8-20(9-7-19)39-26(29,30)31)11-13-36(14-12-25)16-17-3-1-2-4-23(17)40-27(32,33)34/h1-10,15,35H,11-14,16H2. The fourth-order valence-corrected chi connectivity index (χ4v) is 5.48. The van der Waals surface area contributed by atoms with Crippen LogP contribution in [0.3, 0.4) is 0 Å². The summed E-state index contributed by atoms with van der Waals surface area (Å²) < 4.78 is 85.6. The third-order valence-corrected chi connectivity index (χ3v) is 7.31. The number of ether oxygens (including phenoxy) is 2. The first kappa shape index (κ1) is 28.1. The third kappa shape index (κ3) is 6.15. The highest BCUT2D eigenvalue weighted by Crippen LogP contribution is 2.42. The Bertz CT molecular complexity index is 1390. The highest BCUT2D eigenvalue weighted by molar-refractivity contribution is 9.10. The van der Waals surface area contributed by atoms with Crippen LogP contribution in [-0.2, 0) is 6.54 Å². The average molecular weight is 630 g/mol. The van der Waals surface area contributed by atoms with E-state index < -0.39 is 24.1 Å². The molecule has 0 bridgehead atoms. The molecule has 2 aliphatic rings. The number of hydrogen-bond acceptors (Lipinski definition) is 5. The minimum Gasteiger partial charge on any atom is -0.406 e. The van der Waals surface area contributed by atoms with Crippen LogP contribution < -0.4 is 19.7 Å². The van der Waals surface area contributed by atoms with Crippen LogP contribution in [-0.4, -0.2) is 42.3 Å². The number of nitrogens with zero attached hydrogens (tertiary/aromatic N) is 2. The molecule has 0 saturated carbocycles. The lowest BCUT2D eigenvalue weighted by Gasteiger charge is -2.52. The lowest BCUT2D eigenvalue weighted by molar-refractivity contribution is -0.275. The first-order chi connectivity index (χ1) is 18.8. The smallest absolute Gasteiger partial charge is 0.406 e. The Morgan fingerprint density at radius 2 is 1.52 bits per heavy atom. The number of nitrogens with one attached hydrogen (secondary N) is 1. The van der Waals surface area contributed by atoms with E-state index in [2.05, 4.69) is 30.7 Å². The topological polar surface area (TPSA) is 54.0 Å². The van der Waals surface area contributed by atoms with Crippen molar-refractivity contribution in [1.82, 2.24) is 4.90 Å². The zero-order valence-corrected chi connectivity index (χ0v) is 22.2. The molecule has 1 amide bonds. The van der Waals surface area contributed by atoms with Gasteiger partial charge in [-0.3, -0.25) is 14.6 Å². The van der Waals surface area contributed by atoms with E-state index in [-0.39, 0.29) is 18.2 Å². The van der Waals surface area contributed by atoms with E-state index in [0.717, 1.165) is 16.6 Å². The number of fused-ring (bicyclic) bond motifs is 1. The van der Waals surface area contributed by atoms with Crippen molar-refractivity contribution < 1.29 is 40.6 Å². The second kappa shape index (κ2) is 10.5. The number of hydrogen-bond donors (Lipinski definition) is 1. The van der Waals surface area contributed by atoms with Gasteiger partial charge in [0, 0.05) is 53.9 Å². The lowest BCUT2D eigenvalue weighted by Crippen LogP contribution is -2.64. The van der Waals surface area contributed by atoms with Gasteiger partial charge in [-0.25, -0.2) is 0 Å². The predicted molar refractivity (Wildman–Crippen MR) is 138 cm³/mol. The second-order valence-electron chi connectivity index (χ2n) is 9.46. The average Bonchev–Trinajstić information content (AvgIpc) is 2.86. The van der Waals surface area contributed by atoms with Crippen LogP contribution in [0.5, 0.6) is 11.5 Å². The van der Waals surface area contributed by atoms with Crippen LogP contribution in [0.2, 0.25) is 0 Å². The molecule has 5 rings (SSSR count). The number of alkyl halides is 6. The number of halogens is 7. The Morgan fingerprint density at radius 1 is 0.875 bits per heavy atom. The van der Waals surface area contributed by atoms with Crippen molar-refractivity contribution in [3.05, 3.63) is 82.3 Å². The van der Waals surface area contributed by atoms with Crippen LogP contribution in [0.4, 0.5) is 37.7 Å². The maximum Gasteiger partial charge on any atom is 0.573 e. The van der Waals surface area contributed by atoms with Crippen molar-refractivity contribution in [2.45, 2.75) is 37.8 Å². The van der Waals surface area contributed by atoms with E-state index in [4.69, 9.17) is 0 Å². The molecule has 1 N–H and O–H groups in total. The van der Waals surface area contributed by atoms with Crippen molar-refractivity contribution in [1.29, 1.82) is 0 Å². The number of likely N-dealkylation sites (tertiary alicyclic amines) is 1. The van der Waals surface area contributed by atoms with Gasteiger partial charge in [-0.1, -0.05) is 34.1 Å². The maximum atomic E-state index is 13.8. The number of para-hydroxylation sites is 1. The molecule has 2 heterocycles. The monoisotopic (exact) mass is 629 g/mol. The molecule has 1 fully saturated rings. The van der Waals surface area contributed by atoms with Crippen molar-refractivity contribution in [3.63, 3.8) is 0 Å². The van der Waals surface area contributed by atoms with Gasteiger partial charge in [-0.15, -0.1) is 26.3 Å². The van der Waals surface area contributed by atoms with Gasteiger partial charge in [0.15, 0.2) is 0 Å². The van der Waals surface area contributed by atoms with Crippen LogP contribution >= 0.6 is 15.9 Å². The Balaban J connectivity index is 1.41. The fourth-order valence-electron chi connectivity index (χ4n) is 5.12. The number of amides is 1. The SMILES string of the molecule is O=C1c2ccc(Br)cc2NC2(CCN(Cc3ccccc3OC(F)(F)F)CC2)N1c1ccc(OC(F)(F)F)cc1. The summed E-state index contributed by atoms with van der Waals surface area (Å²) in [6.07, 6.45) is -8.91. The Morgan fingerprint density at radius 3 is 2.17 bits per heavy atom. The zero-order chi connectivity index (χ0) is 28.7. The predicted octanol–water partition coefficient (Wildman–Crippen LogP) is 7.31. The molecule has 13 heteroatoms. The van der Waals surface area contributed by atoms with Crippen molar-refractivity contribution in [3.8, 4) is 11.5 Å². The number of anilines is 2. The van der Waals surface area contributed by atoms with Gasteiger partial charge < -0.3 is 14.8 Å². The van der Waals surface area contributed by atoms with E-state index in [9.17, 15) is 31.1 Å². The van der Waals surface area contributed by atoms with Crippen molar-refractivity contribution >= 4 is 33.2 Å². The molecule has 1 saturated heterocycles. The van der Waals surface area contributed by atoms with Gasteiger partial charge in [0.1, 0.15) is 17.2 Å². The van der Waals surface area contributed by atoms with Gasteiger partial charge in [-0.2, -0.15) is 0 Å². The summed E-state index contributed by atoms with van der Waals surface area (Å²) >= 11 is 3.42. The van der Waals surface area contributed by atoms with Crippen LogP contribution in [0.1, 0.15) is 28.8 Å². The van der Waals surface area contributed by atoms with Gasteiger partial charge in [0.2, 0.25) is 0 Å². The summed E-state index contributed by atoms with van der Waals surface area (Å²) in [5.74, 6) is -1.02. The summed E-state index contributed by atoms with van der Waals surface area (Å²) in [4.78, 5) is 17.3. The van der Waals surface area contributed by atoms with Gasteiger partial charge in [0.25, 0.3) is 5.91 Å². The number of carbonyl (C=O) groups excluding carboxylic acids is 1. The van der Waals surface area contributed by atoms with Crippen LogP contribution in [0.25, 0.3) is 0 Å². The summed E-state index contributed by atoms with van der Waals surface area (Å²) in [5.41, 5.74) is 0.804. The van der Waals surface area contributed by atoms with Gasteiger partial charge in [0.05, 0.1) is 5.56 Å². The molecule has 2 aliphatic heterocycles. The third-order valence-electron chi connectivity index (χ3n) is 6.81. The molecule has 6 nitrogen and oxygen atoms in total. The minimum atomic E-state index is -4.85. The quantitative estimate of drug-likeness (QED) is 0.300. The summed E-state index contributed by atoms with van der Waals surface area (Å²) in [7, 11) is 0. The Hall–Kier alpha value is -3.45. The molecule has 40 heavy (non-hydrogen) atoms. The second-order valence-corrected chi connectivity index (χ2v) is 10.4. The molecule has 212 valence electrons. The molecular formula is C27H22BrF6N3O3. The molecule has 3 aromatic rings. The van der Waals surface area contributed by atoms with Crippen LogP contribution in [0.15, 0.2) is 71.2 Å². The van der Waals surface area contributed by atoms with E-state index in [1.807, 2.05) is 4.90 Å². The van der Waals surface area contributed by atoms with Gasteiger partial charge >= 0.3 is 12.7 Å². The van der Waals surface area contributed by atoms with Crippen molar-refractivity contribution in [2.24, 2.45) is 0 Å². The Kier molecular flexibility index (Phi) is 7.38. The summed E-state index contributed by atoms with van der Waals surface area (Å²) in [6, 6.07) is 16.2. The number of rotatable bonds is 5. The largest absolute Gasteiger partial charge is 0.573 e. The maximum absolute atomic E-state index is 13.8. The van der Waals surface area contributed by atoms with E-state index in [1.165, 1.54) is 24.3 Å². The lowest BCUT2D eigenvalue weighted by atomic mass is 9.89. The van der Waals surface area contributed by atoms with E-state index in [0.29, 0.717) is 48.4 Å². The van der Waals surface area contributed by atoms with Crippen molar-refractivity contribution in [2.75, 3.05) is 23.3 Å². The zero-order valence-electron chi connectivity index (χ0n) is 20.7. The molecule has 0 radical (unpaired) electrons. The highest BCUT2D eigenvalue weighted by atomic mass is 79.9. The highest BCUT2D eigenvalue weighted by Gasteiger charge is 2.47. The molecule has 0 atom stereocenters. The summed E-state index contributed by atoms with van der Waals surface area (Å²) in [6.45, 7) is 1.02. The number of benzene rings is 3. The van der Waals surface area contributed by atoms with Gasteiger partial charge in [-0.05, 0) is 48.5 Å². The number of carbonyl (C=O) groups is 1. The molecule has 0 aliphatic carbocycles. The fraction of sp³-hybridized carbons (Fsp3) is 0.296.